The van der Waals surface area contributed by atoms with Gasteiger partial charge in [-0.05, 0) is 31.2 Å². The van der Waals surface area contributed by atoms with Gasteiger partial charge in [-0.3, -0.25) is 4.79 Å². The summed E-state index contributed by atoms with van der Waals surface area (Å²) in [5, 5.41) is 6.87. The number of carbonyl (C=O) groups excluding carboxylic acids is 1. The van der Waals surface area contributed by atoms with Crippen LogP contribution in [0.5, 0.6) is 6.01 Å². The number of rotatable bonds is 4. The van der Waals surface area contributed by atoms with Crippen LogP contribution in [0.1, 0.15) is 21.7 Å². The van der Waals surface area contributed by atoms with Crippen molar-refractivity contribution in [3.63, 3.8) is 0 Å². The maximum atomic E-state index is 13.4. The summed E-state index contributed by atoms with van der Waals surface area (Å²) >= 11 is 0. The van der Waals surface area contributed by atoms with Gasteiger partial charge in [0, 0.05) is 11.8 Å². The number of amides is 1. The van der Waals surface area contributed by atoms with E-state index in [1.807, 2.05) is 0 Å². The lowest BCUT2D eigenvalue weighted by atomic mass is 10.0. The van der Waals surface area contributed by atoms with Gasteiger partial charge in [0.1, 0.15) is 5.82 Å². The second-order valence-electron chi connectivity index (χ2n) is 6.46. The molecule has 0 fully saturated rings. The van der Waals surface area contributed by atoms with Gasteiger partial charge in [0.25, 0.3) is 5.91 Å². The van der Waals surface area contributed by atoms with Crippen molar-refractivity contribution in [3.8, 4) is 17.3 Å². The molecule has 0 radical (unpaired) electrons. The molecule has 0 aliphatic carbocycles. The monoisotopic (exact) mass is 428 g/mol. The Labute approximate surface area is 173 Å². The second-order valence-corrected chi connectivity index (χ2v) is 6.46. The average molecular weight is 428 g/mol. The van der Waals surface area contributed by atoms with Crippen LogP contribution in [0.25, 0.3) is 16.9 Å². The highest BCUT2D eigenvalue weighted by atomic mass is 19.4. The molecule has 11 heteroatoms. The van der Waals surface area contributed by atoms with E-state index < -0.39 is 17.6 Å². The van der Waals surface area contributed by atoms with Crippen molar-refractivity contribution in [1.29, 1.82) is 0 Å². The van der Waals surface area contributed by atoms with Gasteiger partial charge in [-0.1, -0.05) is 18.2 Å². The minimum absolute atomic E-state index is 0.0515. The fourth-order valence-electron chi connectivity index (χ4n) is 3.09. The lowest BCUT2D eigenvalue weighted by molar-refractivity contribution is -0.137. The molecule has 31 heavy (non-hydrogen) atoms. The number of hydrogen-bond donors (Lipinski definition) is 1. The molecule has 0 spiro atoms. The number of hydrogen-bond acceptors (Lipinski definition) is 6. The summed E-state index contributed by atoms with van der Waals surface area (Å²) in [5.74, 6) is -0.399. The number of alkyl halides is 3. The molecule has 0 saturated heterocycles. The molecule has 3 heterocycles. The van der Waals surface area contributed by atoms with E-state index in [2.05, 4.69) is 25.4 Å². The van der Waals surface area contributed by atoms with Crippen molar-refractivity contribution < 1.29 is 22.7 Å². The molecule has 0 atom stereocenters. The van der Waals surface area contributed by atoms with E-state index in [0.717, 1.165) is 6.07 Å². The van der Waals surface area contributed by atoms with Gasteiger partial charge in [0.2, 0.25) is 0 Å². The van der Waals surface area contributed by atoms with E-state index in [1.54, 1.807) is 6.92 Å². The summed E-state index contributed by atoms with van der Waals surface area (Å²) in [7, 11) is 1.39. The van der Waals surface area contributed by atoms with Crippen LogP contribution in [0.3, 0.4) is 0 Å². The summed E-state index contributed by atoms with van der Waals surface area (Å²) in [6.45, 7) is 1.60. The fraction of sp³-hybridized carbons (Fsp3) is 0.150. The maximum Gasteiger partial charge on any atom is 0.417 e. The van der Waals surface area contributed by atoms with E-state index >= 15 is 0 Å². The second kappa shape index (κ2) is 7.67. The van der Waals surface area contributed by atoms with E-state index in [9.17, 15) is 18.0 Å². The van der Waals surface area contributed by atoms with E-state index in [4.69, 9.17) is 4.74 Å². The predicted molar refractivity (Wildman–Crippen MR) is 105 cm³/mol. The molecule has 1 aromatic carbocycles. The minimum Gasteiger partial charge on any atom is -0.467 e. The largest absolute Gasteiger partial charge is 0.467 e. The third kappa shape index (κ3) is 3.89. The standard InChI is InChI=1S/C20H15F3N6O2/c1-11-17(18(30)26-15-9-10-24-19(27-15)31-2)29-16(25-11)8-7-14(28-29)12-5-3-4-6-13(12)20(21,22)23/h3-10H,1-2H3,(H,24,26,27,30). The minimum atomic E-state index is -4.55. The number of halogens is 3. The highest BCUT2D eigenvalue weighted by molar-refractivity contribution is 6.03. The molecule has 1 N–H and O–H groups in total. The Hall–Kier alpha value is -4.02. The summed E-state index contributed by atoms with van der Waals surface area (Å²) in [6.07, 6.45) is -3.14. The van der Waals surface area contributed by atoms with E-state index in [-0.39, 0.29) is 28.8 Å². The number of fused-ring (bicyclic) bond motifs is 1. The molecule has 0 unspecified atom stereocenters. The van der Waals surface area contributed by atoms with Gasteiger partial charge in [0.05, 0.1) is 24.1 Å². The summed E-state index contributed by atoms with van der Waals surface area (Å²) in [4.78, 5) is 25.0. The quantitative estimate of drug-likeness (QED) is 0.532. The Bertz CT molecular complexity index is 1290. The number of aryl methyl sites for hydroxylation is 1. The Morgan fingerprint density at radius 3 is 2.61 bits per heavy atom. The predicted octanol–water partition coefficient (Wildman–Crippen LogP) is 3.77. The SMILES string of the molecule is COc1nccc(NC(=O)c2c(C)nc3ccc(-c4ccccc4C(F)(F)F)nn23)n1. The van der Waals surface area contributed by atoms with Gasteiger partial charge in [-0.15, -0.1) is 0 Å². The molecule has 4 aromatic rings. The summed E-state index contributed by atoms with van der Waals surface area (Å²) < 4.78 is 46.4. The third-order valence-corrected chi connectivity index (χ3v) is 4.43. The zero-order valence-electron chi connectivity index (χ0n) is 16.3. The molecule has 3 aromatic heterocycles. The number of ether oxygens (including phenoxy) is 1. The lowest BCUT2D eigenvalue weighted by Crippen LogP contribution is -2.18. The topological polar surface area (TPSA) is 94.3 Å². The first-order valence-electron chi connectivity index (χ1n) is 8.99. The smallest absolute Gasteiger partial charge is 0.417 e. The van der Waals surface area contributed by atoms with Crippen molar-refractivity contribution in [2.24, 2.45) is 0 Å². The molecule has 0 aliphatic heterocycles. The van der Waals surface area contributed by atoms with Crippen molar-refractivity contribution in [3.05, 3.63) is 65.6 Å². The Kier molecular flexibility index (Phi) is 5.01. The van der Waals surface area contributed by atoms with Crippen LogP contribution in [0.2, 0.25) is 0 Å². The van der Waals surface area contributed by atoms with Gasteiger partial charge in [-0.25, -0.2) is 14.5 Å². The molecular weight excluding hydrogens is 413 g/mol. The first kappa shape index (κ1) is 20.3. The molecule has 158 valence electrons. The van der Waals surface area contributed by atoms with Crippen LogP contribution in [0, 0.1) is 6.92 Å². The molecule has 4 rings (SSSR count). The number of nitrogens with one attached hydrogen (secondary N) is 1. The van der Waals surface area contributed by atoms with E-state index in [1.165, 1.54) is 54.2 Å². The van der Waals surface area contributed by atoms with Crippen LogP contribution in [0.15, 0.2) is 48.7 Å². The molecule has 1 amide bonds. The molecule has 0 bridgehead atoms. The summed E-state index contributed by atoms with van der Waals surface area (Å²) in [6, 6.07) is 9.59. The number of carbonyl (C=O) groups is 1. The van der Waals surface area contributed by atoms with Gasteiger partial charge < -0.3 is 10.1 Å². The molecule has 0 aliphatic rings. The van der Waals surface area contributed by atoms with Gasteiger partial charge in [-0.2, -0.15) is 23.3 Å². The highest BCUT2D eigenvalue weighted by Gasteiger charge is 2.34. The fourth-order valence-corrected chi connectivity index (χ4v) is 3.09. The van der Waals surface area contributed by atoms with Crippen molar-refractivity contribution in [2.75, 3.05) is 12.4 Å². The normalized spacial score (nSPS) is 11.5. The van der Waals surface area contributed by atoms with Crippen LogP contribution < -0.4 is 10.1 Å². The molecule has 0 saturated carbocycles. The third-order valence-electron chi connectivity index (χ3n) is 4.43. The first-order valence-corrected chi connectivity index (χ1v) is 8.99. The molecular formula is C20H15F3N6O2. The van der Waals surface area contributed by atoms with Crippen molar-refractivity contribution in [1.82, 2.24) is 24.6 Å². The van der Waals surface area contributed by atoms with Crippen molar-refractivity contribution >= 4 is 17.4 Å². The number of imidazole rings is 1. The lowest BCUT2D eigenvalue weighted by Gasteiger charge is -2.12. The van der Waals surface area contributed by atoms with Crippen LogP contribution in [-0.4, -0.2) is 37.6 Å². The highest BCUT2D eigenvalue weighted by Crippen LogP contribution is 2.36. The number of nitrogens with zero attached hydrogens (tertiary/aromatic N) is 5. The van der Waals surface area contributed by atoms with Crippen molar-refractivity contribution in [2.45, 2.75) is 13.1 Å². The zero-order chi connectivity index (χ0) is 22.2. The van der Waals surface area contributed by atoms with Crippen LogP contribution >= 0.6 is 0 Å². The number of anilines is 1. The Morgan fingerprint density at radius 1 is 1.10 bits per heavy atom. The Balaban J connectivity index is 1.78. The van der Waals surface area contributed by atoms with Gasteiger partial charge in [0.15, 0.2) is 11.3 Å². The summed E-state index contributed by atoms with van der Waals surface area (Å²) in [5.41, 5.74) is -0.133. The first-order chi connectivity index (χ1) is 14.8. The average Bonchev–Trinajstić information content (AvgIpc) is 3.08. The van der Waals surface area contributed by atoms with Crippen LogP contribution in [-0.2, 0) is 6.18 Å². The van der Waals surface area contributed by atoms with Gasteiger partial charge >= 0.3 is 12.2 Å². The van der Waals surface area contributed by atoms with E-state index in [0.29, 0.717) is 11.3 Å². The Morgan fingerprint density at radius 2 is 1.87 bits per heavy atom. The van der Waals surface area contributed by atoms with Crippen LogP contribution in [0.4, 0.5) is 19.0 Å². The number of methoxy groups -OCH3 is 1. The molecule has 8 nitrogen and oxygen atoms in total. The maximum absolute atomic E-state index is 13.4. The number of aromatic nitrogens is 5. The number of benzene rings is 1. The zero-order valence-corrected chi connectivity index (χ0v) is 16.3.